The Morgan fingerprint density at radius 2 is 1.21 bits per heavy atom. The molecule has 0 aliphatic carbocycles. The molecule has 12 nitrogen and oxygen atoms in total. The zero-order valence-electron chi connectivity index (χ0n) is 16.6. The van der Waals surface area contributed by atoms with Crippen molar-refractivity contribution in [3.05, 3.63) is 0 Å². The van der Waals surface area contributed by atoms with Gasteiger partial charge in [-0.25, -0.2) is 19.2 Å². The SMILES string of the molecule is C[C@H](N)C(=O)OC(=O)[C@@H]1CCCN1OBON1CCC[C@H]1C(=O)OC(=O)[C@H](C)N. The summed E-state index contributed by atoms with van der Waals surface area (Å²) >= 11 is 0. The molecule has 0 spiro atoms. The maximum Gasteiger partial charge on any atom is 0.474 e. The zero-order valence-corrected chi connectivity index (χ0v) is 16.6. The second-order valence-corrected chi connectivity index (χ2v) is 7.03. The predicted octanol–water partition coefficient (Wildman–Crippen LogP) is -2.12. The number of carbonyl (C=O) groups is 4. The molecule has 13 heteroatoms. The number of ether oxygens (including phenoxy) is 2. The lowest BCUT2D eigenvalue weighted by atomic mass is 10.2. The largest absolute Gasteiger partial charge is 0.474 e. The third-order valence-corrected chi connectivity index (χ3v) is 4.53. The first-order valence-corrected chi connectivity index (χ1v) is 9.52. The summed E-state index contributed by atoms with van der Waals surface area (Å²) in [6, 6.07) is -3.30. The average Bonchev–Trinajstić information content (AvgIpc) is 3.30. The summed E-state index contributed by atoms with van der Waals surface area (Å²) in [7, 11) is -0.268. The molecular formula is C16H27BN4O8. The van der Waals surface area contributed by atoms with E-state index >= 15 is 0 Å². The second kappa shape index (κ2) is 10.8. The molecule has 2 heterocycles. The highest BCUT2D eigenvalue weighted by Crippen LogP contribution is 2.21. The van der Waals surface area contributed by atoms with Crippen molar-refractivity contribution in [2.75, 3.05) is 13.1 Å². The highest BCUT2D eigenvalue weighted by molar-refractivity contribution is 6.17. The van der Waals surface area contributed by atoms with Gasteiger partial charge in [-0.05, 0) is 39.5 Å². The fourth-order valence-electron chi connectivity index (χ4n) is 2.94. The summed E-state index contributed by atoms with van der Waals surface area (Å²) < 4.78 is 20.4. The normalized spacial score (nSPS) is 24.7. The third kappa shape index (κ3) is 6.55. The van der Waals surface area contributed by atoms with Gasteiger partial charge in [-0.1, -0.05) is 0 Å². The van der Waals surface area contributed by atoms with Gasteiger partial charge in [-0.15, -0.1) is 0 Å². The molecule has 0 radical (unpaired) electrons. The van der Waals surface area contributed by atoms with Crippen molar-refractivity contribution in [1.29, 1.82) is 0 Å². The van der Waals surface area contributed by atoms with E-state index in [4.69, 9.17) is 30.5 Å². The number of nitrogens with two attached hydrogens (primary N) is 2. The van der Waals surface area contributed by atoms with Crippen molar-refractivity contribution >= 4 is 31.6 Å². The molecule has 4 N–H and O–H groups in total. The smallest absolute Gasteiger partial charge is 0.391 e. The van der Waals surface area contributed by atoms with Gasteiger partial charge < -0.3 is 30.5 Å². The minimum absolute atomic E-state index is 0.268. The van der Waals surface area contributed by atoms with E-state index in [2.05, 4.69) is 0 Å². The third-order valence-electron chi connectivity index (χ3n) is 4.53. The molecule has 0 aromatic heterocycles. The van der Waals surface area contributed by atoms with Crippen LogP contribution in [0.15, 0.2) is 0 Å². The quantitative estimate of drug-likeness (QED) is 0.252. The maximum atomic E-state index is 12.1. The first-order chi connectivity index (χ1) is 13.7. The lowest BCUT2D eigenvalue weighted by Gasteiger charge is -2.25. The minimum atomic E-state index is -0.904. The van der Waals surface area contributed by atoms with Crippen LogP contribution in [0.5, 0.6) is 0 Å². The lowest BCUT2D eigenvalue weighted by Crippen LogP contribution is -2.44. The van der Waals surface area contributed by atoms with Gasteiger partial charge in [-0.2, -0.15) is 10.1 Å². The van der Waals surface area contributed by atoms with Gasteiger partial charge in [0.25, 0.3) is 0 Å². The van der Waals surface area contributed by atoms with Crippen LogP contribution in [0, 0.1) is 0 Å². The van der Waals surface area contributed by atoms with Gasteiger partial charge in [0.1, 0.15) is 24.2 Å². The minimum Gasteiger partial charge on any atom is -0.391 e. The van der Waals surface area contributed by atoms with E-state index in [0.29, 0.717) is 38.8 Å². The molecule has 2 fully saturated rings. The van der Waals surface area contributed by atoms with Gasteiger partial charge >= 0.3 is 31.6 Å². The van der Waals surface area contributed by atoms with Gasteiger partial charge in [0.15, 0.2) is 0 Å². The van der Waals surface area contributed by atoms with Gasteiger partial charge in [0.05, 0.1) is 0 Å². The number of nitrogens with zero attached hydrogens (tertiary/aromatic N) is 2. The number of hydrogen-bond acceptors (Lipinski definition) is 12. The van der Waals surface area contributed by atoms with Crippen molar-refractivity contribution in [2.45, 2.75) is 63.7 Å². The van der Waals surface area contributed by atoms with Crippen LogP contribution in [0.3, 0.4) is 0 Å². The lowest BCUT2D eigenvalue weighted by molar-refractivity contribution is -0.180. The van der Waals surface area contributed by atoms with Crippen LogP contribution in [0.25, 0.3) is 0 Å². The van der Waals surface area contributed by atoms with Crippen LogP contribution in [-0.4, -0.2) is 78.9 Å². The van der Waals surface area contributed by atoms with Crippen LogP contribution in [0.4, 0.5) is 0 Å². The Hall–Kier alpha value is -1.90. The summed E-state index contributed by atoms with van der Waals surface area (Å²) in [6.07, 6.45) is 2.26. The first-order valence-electron chi connectivity index (χ1n) is 9.52. The van der Waals surface area contributed by atoms with Crippen molar-refractivity contribution in [3.8, 4) is 0 Å². The molecule has 0 amide bonds. The van der Waals surface area contributed by atoms with Crippen LogP contribution in [0.1, 0.15) is 39.5 Å². The molecule has 29 heavy (non-hydrogen) atoms. The molecule has 0 bridgehead atoms. The Balaban J connectivity index is 1.80. The zero-order chi connectivity index (χ0) is 21.6. The maximum absolute atomic E-state index is 12.1. The van der Waals surface area contributed by atoms with E-state index < -0.39 is 48.0 Å². The highest BCUT2D eigenvalue weighted by Gasteiger charge is 2.37. The van der Waals surface area contributed by atoms with E-state index in [1.165, 1.54) is 24.0 Å². The number of carbonyl (C=O) groups excluding carboxylic acids is 4. The molecular weight excluding hydrogens is 387 g/mol. The molecule has 0 aromatic rings. The molecule has 2 aliphatic heterocycles. The fraction of sp³-hybridized carbons (Fsp3) is 0.750. The summed E-state index contributed by atoms with van der Waals surface area (Å²) in [4.78, 5) is 47.2. The van der Waals surface area contributed by atoms with Crippen LogP contribution >= 0.6 is 0 Å². The molecule has 0 unspecified atom stereocenters. The molecule has 2 rings (SSSR count). The summed E-state index contributed by atoms with van der Waals surface area (Å²) in [5.41, 5.74) is 10.8. The molecule has 2 saturated heterocycles. The van der Waals surface area contributed by atoms with Gasteiger partial charge in [0, 0.05) is 13.1 Å². The van der Waals surface area contributed by atoms with Crippen LogP contribution < -0.4 is 11.5 Å². The van der Waals surface area contributed by atoms with Crippen molar-refractivity contribution in [2.24, 2.45) is 11.5 Å². The van der Waals surface area contributed by atoms with Crippen LogP contribution in [0.2, 0.25) is 0 Å². The van der Waals surface area contributed by atoms with E-state index in [1.54, 1.807) is 0 Å². The molecule has 0 saturated carbocycles. The molecule has 162 valence electrons. The Labute approximate surface area is 168 Å². The number of esters is 4. The summed E-state index contributed by atoms with van der Waals surface area (Å²) in [6.45, 7) is 3.74. The topological polar surface area (TPSA) is 164 Å². The Morgan fingerprint density at radius 3 is 1.55 bits per heavy atom. The fourth-order valence-corrected chi connectivity index (χ4v) is 2.94. The van der Waals surface area contributed by atoms with Gasteiger partial charge in [0.2, 0.25) is 0 Å². The van der Waals surface area contributed by atoms with Crippen molar-refractivity contribution in [3.63, 3.8) is 0 Å². The van der Waals surface area contributed by atoms with Crippen molar-refractivity contribution < 1.29 is 38.2 Å². The first kappa shape index (κ1) is 23.4. The number of hydroxylamine groups is 4. The summed E-state index contributed by atoms with van der Waals surface area (Å²) in [5, 5.41) is 2.75. The van der Waals surface area contributed by atoms with Crippen molar-refractivity contribution in [1.82, 2.24) is 10.1 Å². The van der Waals surface area contributed by atoms with E-state index in [9.17, 15) is 19.2 Å². The Kier molecular flexibility index (Phi) is 8.68. The monoisotopic (exact) mass is 414 g/mol. The Bertz CT molecular complexity index is 580. The molecule has 2 aliphatic rings. The second-order valence-electron chi connectivity index (χ2n) is 7.03. The van der Waals surface area contributed by atoms with Crippen LogP contribution in [-0.2, 0) is 38.2 Å². The van der Waals surface area contributed by atoms with E-state index in [0.717, 1.165) is 0 Å². The highest BCUT2D eigenvalue weighted by atomic mass is 16.8. The molecule has 0 aromatic carbocycles. The average molecular weight is 414 g/mol. The molecule has 4 atom stereocenters. The summed E-state index contributed by atoms with van der Waals surface area (Å²) in [5.74, 6) is -3.08. The van der Waals surface area contributed by atoms with E-state index in [-0.39, 0.29) is 7.69 Å². The predicted molar refractivity (Wildman–Crippen MR) is 98.3 cm³/mol. The Morgan fingerprint density at radius 1 is 0.828 bits per heavy atom. The van der Waals surface area contributed by atoms with Gasteiger partial charge in [-0.3, -0.25) is 0 Å². The standard InChI is InChI=1S/C16H27BN4O8/c1-9(18)13(22)26-15(24)11-5-3-7-20(11)28-17-29-21-8-4-6-12(21)16(25)27-14(23)10(2)19/h9-12,17H,3-8,18-19H2,1-2H3/t9-,10-,11-,12-/m0/s1. The van der Waals surface area contributed by atoms with E-state index in [1.807, 2.05) is 0 Å². The number of rotatable bonds is 8. The number of hydrogen-bond donors (Lipinski definition) is 2.